The molecule has 1 aromatic heterocycles. The number of carbonyl (C=O) groups is 1. The van der Waals surface area contributed by atoms with Gasteiger partial charge in [0.05, 0.1) is 0 Å². The predicted octanol–water partition coefficient (Wildman–Crippen LogP) is 2.38. The van der Waals surface area contributed by atoms with Crippen LogP contribution in [0.2, 0.25) is 0 Å². The number of aryl methyl sites for hydroxylation is 1. The normalized spacial score (nSPS) is 11.6. The topological polar surface area (TPSA) is 63.9 Å². The Labute approximate surface area is 134 Å². The van der Waals surface area contributed by atoms with Crippen molar-refractivity contribution in [1.82, 2.24) is 25.1 Å². The van der Waals surface area contributed by atoms with Crippen LogP contribution in [0.25, 0.3) is 11.8 Å². The molecule has 6 nitrogen and oxygen atoms in total. The summed E-state index contributed by atoms with van der Waals surface area (Å²) in [4.78, 5) is 14.4. The Morgan fingerprint density at radius 1 is 1.43 bits per heavy atom. The molecule has 1 aromatic carbocycles. The molecule has 0 fully saturated rings. The number of nitrogens with zero attached hydrogens (tertiary/aromatic N) is 5. The first-order valence-electron chi connectivity index (χ1n) is 7.51. The van der Waals surface area contributed by atoms with E-state index in [1.54, 1.807) is 37.1 Å². The van der Waals surface area contributed by atoms with Crippen molar-refractivity contribution < 1.29 is 9.18 Å². The van der Waals surface area contributed by atoms with E-state index in [-0.39, 0.29) is 17.4 Å². The van der Waals surface area contributed by atoms with Crippen LogP contribution in [0.4, 0.5) is 4.39 Å². The van der Waals surface area contributed by atoms with E-state index in [4.69, 9.17) is 0 Å². The Balaban J connectivity index is 2.40. The minimum absolute atomic E-state index is 0.210. The average Bonchev–Trinajstić information content (AvgIpc) is 2.95. The van der Waals surface area contributed by atoms with Gasteiger partial charge in [-0.3, -0.25) is 4.79 Å². The van der Waals surface area contributed by atoms with E-state index in [9.17, 15) is 9.18 Å². The first-order chi connectivity index (χ1) is 11.0. The lowest BCUT2D eigenvalue weighted by atomic mass is 10.1. The van der Waals surface area contributed by atoms with Crippen molar-refractivity contribution >= 4 is 17.7 Å². The highest BCUT2D eigenvalue weighted by molar-refractivity contribution is 6.18. The van der Waals surface area contributed by atoms with Crippen molar-refractivity contribution in [2.45, 2.75) is 26.7 Å². The van der Waals surface area contributed by atoms with Crippen LogP contribution in [0.15, 0.2) is 24.3 Å². The van der Waals surface area contributed by atoms with Crippen LogP contribution in [-0.2, 0) is 4.79 Å². The Kier molecular flexibility index (Phi) is 5.56. The number of rotatable bonds is 6. The number of hydrogen-bond donors (Lipinski definition) is 0. The van der Waals surface area contributed by atoms with Gasteiger partial charge in [-0.25, -0.2) is 4.39 Å². The van der Waals surface area contributed by atoms with Crippen molar-refractivity contribution in [1.29, 1.82) is 0 Å². The number of hydrogen-bond acceptors (Lipinski definition) is 4. The summed E-state index contributed by atoms with van der Waals surface area (Å²) >= 11 is 0. The summed E-state index contributed by atoms with van der Waals surface area (Å²) in [5, 5.41) is 11.3. The van der Waals surface area contributed by atoms with E-state index >= 15 is 0 Å². The first-order valence-corrected chi connectivity index (χ1v) is 7.51. The maximum atomic E-state index is 13.4. The van der Waals surface area contributed by atoms with Gasteiger partial charge >= 0.3 is 0 Å². The Bertz CT molecular complexity index is 710. The molecular formula is C16H20FN5O. The molecule has 0 radical (unpaired) electrons. The van der Waals surface area contributed by atoms with Crippen molar-refractivity contribution in [3.63, 3.8) is 0 Å². The number of amides is 1. The molecule has 0 saturated heterocycles. The van der Waals surface area contributed by atoms with Gasteiger partial charge in [0.15, 0.2) is 5.82 Å². The van der Waals surface area contributed by atoms with Crippen LogP contribution in [0.1, 0.15) is 31.2 Å². The summed E-state index contributed by atoms with van der Waals surface area (Å²) < 4.78 is 14.8. The zero-order chi connectivity index (χ0) is 16.8. The highest BCUT2D eigenvalue weighted by atomic mass is 19.1. The fourth-order valence-corrected chi connectivity index (χ4v) is 2.11. The fourth-order valence-electron chi connectivity index (χ4n) is 2.11. The summed E-state index contributed by atoms with van der Waals surface area (Å²) in [6.07, 6.45) is 3.49. The summed E-state index contributed by atoms with van der Waals surface area (Å²) in [6, 6.07) is 6.03. The van der Waals surface area contributed by atoms with Crippen molar-refractivity contribution in [2.75, 3.05) is 13.6 Å². The number of benzene rings is 1. The molecule has 122 valence electrons. The Morgan fingerprint density at radius 3 is 2.83 bits per heavy atom. The third kappa shape index (κ3) is 4.21. The molecule has 0 aliphatic heterocycles. The third-order valence-electron chi connectivity index (χ3n) is 3.42. The van der Waals surface area contributed by atoms with E-state index in [1.165, 1.54) is 16.8 Å². The van der Waals surface area contributed by atoms with Crippen molar-refractivity contribution in [3.8, 4) is 0 Å². The van der Waals surface area contributed by atoms with Gasteiger partial charge < -0.3 is 4.90 Å². The number of aromatic nitrogens is 4. The molecule has 0 unspecified atom stereocenters. The SMILES string of the molecule is CCCCN(C)C(=O)/C(=C\c1cccc(F)c1)n1nnnc1C. The van der Waals surface area contributed by atoms with Crippen LogP contribution >= 0.6 is 0 Å². The third-order valence-corrected chi connectivity index (χ3v) is 3.42. The number of likely N-dealkylation sites (N-methyl/N-ethyl adjacent to an activating group) is 1. The highest BCUT2D eigenvalue weighted by Gasteiger charge is 2.19. The van der Waals surface area contributed by atoms with E-state index in [0.29, 0.717) is 17.9 Å². The molecule has 0 saturated carbocycles. The Hall–Kier alpha value is -2.57. The fraction of sp³-hybridized carbons (Fsp3) is 0.375. The zero-order valence-electron chi connectivity index (χ0n) is 13.5. The van der Waals surface area contributed by atoms with Gasteiger partial charge in [-0.2, -0.15) is 4.68 Å². The summed E-state index contributed by atoms with van der Waals surface area (Å²) in [7, 11) is 1.73. The molecule has 23 heavy (non-hydrogen) atoms. The lowest BCUT2D eigenvalue weighted by molar-refractivity contribution is -0.124. The maximum Gasteiger partial charge on any atom is 0.272 e. The van der Waals surface area contributed by atoms with Crippen molar-refractivity contribution in [2.24, 2.45) is 0 Å². The van der Waals surface area contributed by atoms with Gasteiger partial charge in [0.25, 0.3) is 5.91 Å². The minimum Gasteiger partial charge on any atom is -0.340 e. The van der Waals surface area contributed by atoms with Gasteiger partial charge in [-0.1, -0.05) is 25.5 Å². The molecule has 0 atom stereocenters. The largest absolute Gasteiger partial charge is 0.340 e. The second kappa shape index (κ2) is 7.62. The standard InChI is InChI=1S/C16H20FN5O/c1-4-5-9-21(3)16(23)15(22-12(2)18-19-20-22)11-13-7-6-8-14(17)10-13/h6-8,10-11H,4-5,9H2,1-3H3/b15-11+. The molecule has 1 amide bonds. The lowest BCUT2D eigenvalue weighted by Gasteiger charge is -2.18. The van der Waals surface area contributed by atoms with E-state index < -0.39 is 0 Å². The molecule has 0 aliphatic rings. The lowest BCUT2D eigenvalue weighted by Crippen LogP contribution is -2.30. The molecule has 2 aromatic rings. The first kappa shape index (κ1) is 16.8. The quantitative estimate of drug-likeness (QED) is 0.767. The molecule has 1 heterocycles. The molecule has 0 N–H and O–H groups in total. The monoisotopic (exact) mass is 317 g/mol. The number of unbranched alkanes of at least 4 members (excludes halogenated alkanes) is 1. The van der Waals surface area contributed by atoms with Crippen LogP contribution in [0, 0.1) is 12.7 Å². The average molecular weight is 317 g/mol. The molecule has 2 rings (SSSR count). The van der Waals surface area contributed by atoms with Gasteiger partial charge in [0.2, 0.25) is 0 Å². The number of tetrazole rings is 1. The second-order valence-electron chi connectivity index (χ2n) is 5.30. The molecule has 0 spiro atoms. The summed E-state index contributed by atoms with van der Waals surface area (Å²) in [5.74, 6) is -0.0821. The van der Waals surface area contributed by atoms with Crippen LogP contribution in [-0.4, -0.2) is 44.6 Å². The van der Waals surface area contributed by atoms with Gasteiger partial charge in [0, 0.05) is 13.6 Å². The molecule has 7 heteroatoms. The highest BCUT2D eigenvalue weighted by Crippen LogP contribution is 2.15. The van der Waals surface area contributed by atoms with E-state index in [2.05, 4.69) is 22.4 Å². The van der Waals surface area contributed by atoms with Crippen molar-refractivity contribution in [3.05, 3.63) is 41.5 Å². The second-order valence-corrected chi connectivity index (χ2v) is 5.30. The van der Waals surface area contributed by atoms with E-state index in [0.717, 1.165) is 12.8 Å². The molecule has 0 aliphatic carbocycles. The Morgan fingerprint density at radius 2 is 2.22 bits per heavy atom. The smallest absolute Gasteiger partial charge is 0.272 e. The maximum absolute atomic E-state index is 13.4. The minimum atomic E-state index is -0.363. The van der Waals surface area contributed by atoms with Gasteiger partial charge in [-0.05, 0) is 47.5 Å². The summed E-state index contributed by atoms with van der Waals surface area (Å²) in [6.45, 7) is 4.41. The van der Waals surface area contributed by atoms with Crippen LogP contribution < -0.4 is 0 Å². The number of halogens is 1. The predicted molar refractivity (Wildman–Crippen MR) is 85.7 cm³/mol. The zero-order valence-corrected chi connectivity index (χ0v) is 13.5. The summed E-state index contributed by atoms with van der Waals surface area (Å²) in [5.41, 5.74) is 0.865. The van der Waals surface area contributed by atoms with Crippen LogP contribution in [0.3, 0.4) is 0 Å². The van der Waals surface area contributed by atoms with E-state index in [1.807, 2.05) is 0 Å². The van der Waals surface area contributed by atoms with Gasteiger partial charge in [0.1, 0.15) is 11.5 Å². The number of carbonyl (C=O) groups excluding carboxylic acids is 1. The molecular weight excluding hydrogens is 297 g/mol. The van der Waals surface area contributed by atoms with Crippen LogP contribution in [0.5, 0.6) is 0 Å². The molecule has 0 bridgehead atoms. The van der Waals surface area contributed by atoms with Gasteiger partial charge in [-0.15, -0.1) is 5.10 Å².